The van der Waals surface area contributed by atoms with Gasteiger partial charge in [-0.2, -0.15) is 0 Å². The fraction of sp³-hybridized carbons (Fsp3) is 0.429. The molecular weight excluding hydrogens is 264 g/mol. The molecule has 1 aliphatic heterocycles. The number of carbonyl (C=O) groups is 2. The third-order valence-electron chi connectivity index (χ3n) is 3.37. The van der Waals surface area contributed by atoms with Crippen LogP contribution in [0.15, 0.2) is 18.2 Å². The Morgan fingerprint density at radius 1 is 1.32 bits per heavy atom. The number of hydrogen-bond acceptors (Lipinski definition) is 3. The summed E-state index contributed by atoms with van der Waals surface area (Å²) >= 11 is 6.23. The monoisotopic (exact) mass is 280 g/mol. The summed E-state index contributed by atoms with van der Waals surface area (Å²) in [7, 11) is 1.81. The lowest BCUT2D eigenvalue weighted by atomic mass is 10.1. The molecule has 0 N–H and O–H groups in total. The number of ketones is 1. The van der Waals surface area contributed by atoms with E-state index in [9.17, 15) is 9.59 Å². The molecule has 0 bridgehead atoms. The van der Waals surface area contributed by atoms with Gasteiger partial charge in [0.2, 0.25) is 5.91 Å². The Balaban J connectivity index is 2.26. The summed E-state index contributed by atoms with van der Waals surface area (Å²) in [4.78, 5) is 26.9. The molecule has 0 spiro atoms. The van der Waals surface area contributed by atoms with Crippen LogP contribution in [-0.4, -0.2) is 43.3 Å². The van der Waals surface area contributed by atoms with E-state index in [1.807, 2.05) is 18.0 Å². The third-order valence-corrected chi connectivity index (χ3v) is 3.67. The van der Waals surface area contributed by atoms with Crippen molar-refractivity contribution in [2.45, 2.75) is 13.3 Å². The van der Waals surface area contributed by atoms with E-state index in [1.165, 1.54) is 6.92 Å². The van der Waals surface area contributed by atoms with E-state index < -0.39 is 0 Å². The Hall–Kier alpha value is -1.55. The molecule has 1 fully saturated rings. The van der Waals surface area contributed by atoms with Gasteiger partial charge in [0.1, 0.15) is 0 Å². The van der Waals surface area contributed by atoms with E-state index in [0.29, 0.717) is 17.1 Å². The molecule has 1 amide bonds. The second-order valence-corrected chi connectivity index (χ2v) is 5.22. The van der Waals surface area contributed by atoms with Gasteiger partial charge in [0, 0.05) is 25.7 Å². The minimum Gasteiger partial charge on any atom is -0.361 e. The molecule has 0 atom stereocenters. The zero-order chi connectivity index (χ0) is 14.0. The van der Waals surface area contributed by atoms with Crippen LogP contribution < -0.4 is 4.90 Å². The first kappa shape index (κ1) is 13.9. The summed E-state index contributed by atoms with van der Waals surface area (Å²) in [5.74, 6) is 0.0735. The number of halogens is 1. The Bertz CT molecular complexity index is 516. The van der Waals surface area contributed by atoms with Gasteiger partial charge in [0.25, 0.3) is 0 Å². The first-order valence-corrected chi connectivity index (χ1v) is 6.66. The van der Waals surface area contributed by atoms with Crippen molar-refractivity contribution in [3.05, 3.63) is 28.8 Å². The van der Waals surface area contributed by atoms with E-state index >= 15 is 0 Å². The normalized spacial score (nSPS) is 16.5. The van der Waals surface area contributed by atoms with Crippen molar-refractivity contribution in [1.82, 2.24) is 4.90 Å². The van der Waals surface area contributed by atoms with Gasteiger partial charge in [-0.25, -0.2) is 0 Å². The van der Waals surface area contributed by atoms with Gasteiger partial charge in [-0.05, 0) is 31.5 Å². The maximum Gasteiger partial charge on any atom is 0.241 e. The summed E-state index contributed by atoms with van der Waals surface area (Å²) in [6.07, 6.45) is 0.910. The number of Topliss-reactive ketones (excluding diaryl/α,β-unsaturated/α-hetero) is 1. The van der Waals surface area contributed by atoms with E-state index in [0.717, 1.165) is 25.2 Å². The summed E-state index contributed by atoms with van der Waals surface area (Å²) in [6, 6.07) is 5.23. The molecule has 19 heavy (non-hydrogen) atoms. The van der Waals surface area contributed by atoms with Gasteiger partial charge in [-0.3, -0.25) is 9.59 Å². The Labute approximate surface area is 117 Å². The molecule has 1 saturated heterocycles. The highest BCUT2D eigenvalue weighted by atomic mass is 35.5. The molecule has 0 aromatic heterocycles. The SMILES string of the molecule is CC(=O)c1ccc(N2CCCN(C)C(=O)C2)c(Cl)c1. The maximum atomic E-state index is 11.9. The average Bonchev–Trinajstić information content (AvgIpc) is 2.52. The summed E-state index contributed by atoms with van der Waals surface area (Å²) in [5, 5.41) is 0.519. The van der Waals surface area contributed by atoms with Crippen molar-refractivity contribution in [3.63, 3.8) is 0 Å². The molecule has 2 rings (SSSR count). The number of rotatable bonds is 2. The van der Waals surface area contributed by atoms with Gasteiger partial charge in [0.05, 0.1) is 17.3 Å². The van der Waals surface area contributed by atoms with Crippen molar-refractivity contribution in [2.24, 2.45) is 0 Å². The van der Waals surface area contributed by atoms with Crippen LogP contribution in [0.5, 0.6) is 0 Å². The van der Waals surface area contributed by atoms with E-state index in [2.05, 4.69) is 0 Å². The highest BCUT2D eigenvalue weighted by molar-refractivity contribution is 6.33. The lowest BCUT2D eigenvalue weighted by Gasteiger charge is -2.23. The van der Waals surface area contributed by atoms with E-state index in [4.69, 9.17) is 11.6 Å². The van der Waals surface area contributed by atoms with Crippen LogP contribution in [0.25, 0.3) is 0 Å². The molecule has 102 valence electrons. The molecular formula is C14H17ClN2O2. The fourth-order valence-electron chi connectivity index (χ4n) is 2.17. The molecule has 0 saturated carbocycles. The lowest BCUT2D eigenvalue weighted by molar-refractivity contribution is -0.127. The molecule has 5 heteroatoms. The van der Waals surface area contributed by atoms with Crippen LogP contribution >= 0.6 is 11.6 Å². The minimum absolute atomic E-state index is 0.0138. The Morgan fingerprint density at radius 3 is 2.68 bits per heavy atom. The molecule has 0 aliphatic carbocycles. The van der Waals surface area contributed by atoms with Crippen LogP contribution in [0.1, 0.15) is 23.7 Å². The lowest BCUT2D eigenvalue weighted by Crippen LogP contribution is -2.34. The first-order chi connectivity index (χ1) is 8.99. The largest absolute Gasteiger partial charge is 0.361 e. The number of likely N-dealkylation sites (N-methyl/N-ethyl adjacent to an activating group) is 1. The van der Waals surface area contributed by atoms with Crippen LogP contribution in [-0.2, 0) is 4.79 Å². The van der Waals surface area contributed by atoms with Gasteiger partial charge in [0.15, 0.2) is 5.78 Å². The summed E-state index contributed by atoms with van der Waals surface area (Å²) < 4.78 is 0. The standard InChI is InChI=1S/C14H17ClN2O2/c1-10(18)11-4-5-13(12(15)8-11)17-7-3-6-16(2)14(19)9-17/h4-5,8H,3,6-7,9H2,1-2H3. The third kappa shape index (κ3) is 3.07. The topological polar surface area (TPSA) is 40.6 Å². The van der Waals surface area contributed by atoms with E-state index in [1.54, 1.807) is 17.0 Å². The number of benzene rings is 1. The van der Waals surface area contributed by atoms with E-state index in [-0.39, 0.29) is 11.7 Å². The number of anilines is 1. The minimum atomic E-state index is -0.0138. The summed E-state index contributed by atoms with van der Waals surface area (Å²) in [6.45, 7) is 3.39. The van der Waals surface area contributed by atoms with Gasteiger partial charge < -0.3 is 9.80 Å². The zero-order valence-corrected chi connectivity index (χ0v) is 11.9. The maximum absolute atomic E-state index is 11.9. The smallest absolute Gasteiger partial charge is 0.241 e. The quantitative estimate of drug-likeness (QED) is 0.780. The van der Waals surface area contributed by atoms with Crippen molar-refractivity contribution in [3.8, 4) is 0 Å². The number of amides is 1. The molecule has 1 aromatic carbocycles. The van der Waals surface area contributed by atoms with Crippen molar-refractivity contribution < 1.29 is 9.59 Å². The molecule has 1 heterocycles. The van der Waals surface area contributed by atoms with Gasteiger partial charge >= 0.3 is 0 Å². The number of nitrogens with zero attached hydrogens (tertiary/aromatic N) is 2. The van der Waals surface area contributed by atoms with Crippen LogP contribution in [0.3, 0.4) is 0 Å². The van der Waals surface area contributed by atoms with Crippen molar-refractivity contribution >= 4 is 29.0 Å². The van der Waals surface area contributed by atoms with Crippen molar-refractivity contribution in [2.75, 3.05) is 31.6 Å². The molecule has 1 aliphatic rings. The average molecular weight is 281 g/mol. The van der Waals surface area contributed by atoms with Crippen LogP contribution in [0, 0.1) is 0 Å². The number of hydrogen-bond donors (Lipinski definition) is 0. The summed E-state index contributed by atoms with van der Waals surface area (Å²) in [5.41, 5.74) is 1.40. The van der Waals surface area contributed by atoms with Crippen LogP contribution in [0.2, 0.25) is 5.02 Å². The fourth-order valence-corrected chi connectivity index (χ4v) is 2.47. The van der Waals surface area contributed by atoms with Gasteiger partial charge in [-0.15, -0.1) is 0 Å². The van der Waals surface area contributed by atoms with Crippen LogP contribution in [0.4, 0.5) is 5.69 Å². The predicted octanol–water partition coefficient (Wildman–Crippen LogP) is 2.21. The van der Waals surface area contributed by atoms with Crippen molar-refractivity contribution in [1.29, 1.82) is 0 Å². The van der Waals surface area contributed by atoms with Gasteiger partial charge in [-0.1, -0.05) is 11.6 Å². The first-order valence-electron chi connectivity index (χ1n) is 6.28. The molecule has 0 radical (unpaired) electrons. The highest BCUT2D eigenvalue weighted by Crippen LogP contribution is 2.28. The molecule has 4 nitrogen and oxygen atoms in total. The second kappa shape index (κ2) is 5.61. The predicted molar refractivity (Wildman–Crippen MR) is 75.9 cm³/mol. The zero-order valence-electron chi connectivity index (χ0n) is 11.1. The molecule has 1 aromatic rings. The second-order valence-electron chi connectivity index (χ2n) is 4.81. The number of carbonyl (C=O) groups excluding carboxylic acids is 2. The molecule has 0 unspecified atom stereocenters. The Morgan fingerprint density at radius 2 is 2.05 bits per heavy atom. The highest BCUT2D eigenvalue weighted by Gasteiger charge is 2.20. The Kier molecular flexibility index (Phi) is 4.10.